The number of rotatable bonds is 11. The van der Waals surface area contributed by atoms with E-state index in [1.54, 1.807) is 11.3 Å². The second kappa shape index (κ2) is 12.4. The van der Waals surface area contributed by atoms with E-state index in [1.165, 1.54) is 17.4 Å². The largest absolute Gasteiger partial charge is 0.469 e. The second-order valence-electron chi connectivity index (χ2n) is 8.47. The van der Waals surface area contributed by atoms with Crippen LogP contribution in [0, 0.1) is 11.8 Å². The molecular formula is C27H33ClO3S. The first-order chi connectivity index (χ1) is 15.5. The van der Waals surface area contributed by atoms with E-state index in [9.17, 15) is 9.90 Å². The fourth-order valence-electron chi connectivity index (χ4n) is 4.31. The number of aliphatic hydroxyl groups excluding tert-OH is 1. The van der Waals surface area contributed by atoms with Crippen molar-refractivity contribution in [2.24, 2.45) is 11.8 Å². The molecule has 1 N–H and O–H groups in total. The Balaban J connectivity index is 1.46. The quantitative estimate of drug-likeness (QED) is 0.212. The molecule has 172 valence electrons. The zero-order chi connectivity index (χ0) is 22.9. The van der Waals surface area contributed by atoms with E-state index in [-0.39, 0.29) is 5.97 Å². The van der Waals surface area contributed by atoms with Crippen LogP contribution < -0.4 is 0 Å². The molecule has 0 radical (unpaired) electrons. The smallest absolute Gasteiger partial charge is 0.305 e. The number of unbranched alkanes of at least 4 members (excludes halogenated alkanes) is 1. The Kier molecular flexibility index (Phi) is 9.58. The fourth-order valence-corrected chi connectivity index (χ4v) is 5.85. The van der Waals surface area contributed by atoms with Gasteiger partial charge in [-0.2, -0.15) is 0 Å². The number of benzene rings is 1. The van der Waals surface area contributed by atoms with Gasteiger partial charge in [-0.1, -0.05) is 66.3 Å². The molecule has 2 aromatic rings. The Bertz CT molecular complexity index is 974. The predicted molar refractivity (Wildman–Crippen MR) is 135 cm³/mol. The van der Waals surface area contributed by atoms with Gasteiger partial charge in [0.1, 0.15) is 0 Å². The van der Waals surface area contributed by atoms with Gasteiger partial charge < -0.3 is 9.84 Å². The number of aryl methyl sites for hydroxylation is 1. The number of hydrogen-bond acceptors (Lipinski definition) is 4. The lowest BCUT2D eigenvalue weighted by atomic mass is 9.89. The van der Waals surface area contributed by atoms with Gasteiger partial charge in [-0.05, 0) is 62.8 Å². The average Bonchev–Trinajstić information content (AvgIpc) is 3.32. The van der Waals surface area contributed by atoms with Crippen molar-refractivity contribution >= 4 is 39.0 Å². The Morgan fingerprint density at radius 2 is 2.19 bits per heavy atom. The molecule has 0 bridgehead atoms. The van der Waals surface area contributed by atoms with Gasteiger partial charge in [0.15, 0.2) is 0 Å². The third kappa shape index (κ3) is 6.81. The highest BCUT2D eigenvalue weighted by atomic mass is 35.5. The number of carbonyl (C=O) groups excluding carboxylic acids is 1. The number of carbonyl (C=O) groups is 1. The van der Waals surface area contributed by atoms with Gasteiger partial charge in [-0.15, -0.1) is 11.3 Å². The molecule has 5 heteroatoms. The van der Waals surface area contributed by atoms with E-state index in [2.05, 4.69) is 41.7 Å². The molecule has 32 heavy (non-hydrogen) atoms. The minimum absolute atomic E-state index is 0.152. The van der Waals surface area contributed by atoms with Gasteiger partial charge in [0.05, 0.1) is 18.2 Å². The number of hydrogen-bond donors (Lipinski definition) is 1. The summed E-state index contributed by atoms with van der Waals surface area (Å²) in [7, 11) is 1.42. The van der Waals surface area contributed by atoms with Crippen molar-refractivity contribution in [2.45, 2.75) is 57.5 Å². The van der Waals surface area contributed by atoms with Gasteiger partial charge in [0.2, 0.25) is 0 Å². The average molecular weight is 473 g/mol. The van der Waals surface area contributed by atoms with E-state index < -0.39 is 6.10 Å². The summed E-state index contributed by atoms with van der Waals surface area (Å²) in [5, 5.41) is 12.5. The highest BCUT2D eigenvalue weighted by molar-refractivity contribution is 7.19. The predicted octanol–water partition coefficient (Wildman–Crippen LogP) is 7.28. The van der Waals surface area contributed by atoms with Gasteiger partial charge in [-0.25, -0.2) is 0 Å². The van der Waals surface area contributed by atoms with Crippen LogP contribution >= 0.6 is 22.9 Å². The first-order valence-electron chi connectivity index (χ1n) is 11.4. The SMILES string of the molecule is C=C1CC[C@H](/C=C/C(O)CCc2sc3ccccc3c2Cl)[C@H]1C/C=C\CCCC(=O)OC. The maximum Gasteiger partial charge on any atom is 0.305 e. The summed E-state index contributed by atoms with van der Waals surface area (Å²) in [6.07, 6.45) is 14.7. The highest BCUT2D eigenvalue weighted by Gasteiger charge is 2.27. The first-order valence-corrected chi connectivity index (χ1v) is 12.6. The maximum absolute atomic E-state index is 11.2. The number of aliphatic hydroxyl groups is 1. The highest BCUT2D eigenvalue weighted by Crippen LogP contribution is 2.39. The molecular weight excluding hydrogens is 440 g/mol. The van der Waals surface area contributed by atoms with Crippen molar-refractivity contribution < 1.29 is 14.6 Å². The van der Waals surface area contributed by atoms with Crippen molar-refractivity contribution in [3.05, 3.63) is 70.6 Å². The Hall–Kier alpha value is -1.88. The number of thiophene rings is 1. The Morgan fingerprint density at radius 1 is 1.38 bits per heavy atom. The van der Waals surface area contributed by atoms with Crippen molar-refractivity contribution in [3.63, 3.8) is 0 Å². The van der Waals surface area contributed by atoms with E-state index in [1.807, 2.05) is 18.2 Å². The van der Waals surface area contributed by atoms with E-state index in [4.69, 9.17) is 11.6 Å². The maximum atomic E-state index is 11.2. The lowest BCUT2D eigenvalue weighted by Crippen LogP contribution is -2.08. The first kappa shape index (κ1) is 24.8. The van der Waals surface area contributed by atoms with Gasteiger partial charge in [-0.3, -0.25) is 4.79 Å². The molecule has 1 aliphatic rings. The molecule has 1 aromatic heterocycles. The van der Waals surface area contributed by atoms with Gasteiger partial charge >= 0.3 is 5.97 Å². The summed E-state index contributed by atoms with van der Waals surface area (Å²) in [6.45, 7) is 4.26. The van der Waals surface area contributed by atoms with Gasteiger partial charge in [0, 0.05) is 21.4 Å². The molecule has 1 fully saturated rings. The standard InChI is InChI=1S/C27H33ClO3S/c1-19-13-14-20(22(19)9-5-3-4-6-12-26(30)31-2)15-16-21(29)17-18-25-27(28)23-10-7-8-11-24(23)32-25/h3,5,7-8,10-11,15-16,20-22,29H,1,4,6,9,12-14,17-18H2,2H3/b5-3-,16-15+/t20-,21?,22+/m1/s1. The van der Waals surface area contributed by atoms with Crippen molar-refractivity contribution in [2.75, 3.05) is 7.11 Å². The van der Waals surface area contributed by atoms with E-state index >= 15 is 0 Å². The molecule has 0 saturated heterocycles. The lowest BCUT2D eigenvalue weighted by Gasteiger charge is -2.16. The Morgan fingerprint density at radius 3 is 2.97 bits per heavy atom. The Labute approximate surface area is 200 Å². The molecule has 1 aromatic carbocycles. The van der Waals surface area contributed by atoms with Crippen LogP contribution in [-0.4, -0.2) is 24.3 Å². The summed E-state index contributed by atoms with van der Waals surface area (Å²) < 4.78 is 5.86. The van der Waals surface area contributed by atoms with Crippen LogP contribution in [0.5, 0.6) is 0 Å². The third-order valence-corrected chi connectivity index (χ3v) is 8.00. The molecule has 0 amide bonds. The minimum Gasteiger partial charge on any atom is -0.469 e. The van der Waals surface area contributed by atoms with Crippen LogP contribution in [0.15, 0.2) is 60.7 Å². The van der Waals surface area contributed by atoms with Crippen LogP contribution in [-0.2, 0) is 16.0 Å². The monoisotopic (exact) mass is 472 g/mol. The molecule has 3 atom stereocenters. The van der Waals surface area contributed by atoms with Crippen molar-refractivity contribution in [1.82, 2.24) is 0 Å². The number of allylic oxidation sites excluding steroid dienone is 4. The lowest BCUT2D eigenvalue weighted by molar-refractivity contribution is -0.140. The molecule has 1 unspecified atom stereocenters. The van der Waals surface area contributed by atoms with Crippen LogP contribution in [0.3, 0.4) is 0 Å². The summed E-state index contributed by atoms with van der Waals surface area (Å²) in [4.78, 5) is 12.3. The van der Waals surface area contributed by atoms with Gasteiger partial charge in [0.25, 0.3) is 0 Å². The van der Waals surface area contributed by atoms with Crippen molar-refractivity contribution in [3.8, 4) is 0 Å². The third-order valence-electron chi connectivity index (χ3n) is 6.23. The van der Waals surface area contributed by atoms with Crippen LogP contribution in [0.1, 0.15) is 49.8 Å². The van der Waals surface area contributed by atoms with E-state index in [0.717, 1.165) is 53.8 Å². The zero-order valence-electron chi connectivity index (χ0n) is 18.8. The summed E-state index contributed by atoms with van der Waals surface area (Å²) >= 11 is 8.25. The molecule has 0 spiro atoms. The number of esters is 1. The second-order valence-corrected chi connectivity index (χ2v) is 9.98. The number of fused-ring (bicyclic) bond motifs is 1. The minimum atomic E-state index is -0.473. The fraction of sp³-hybridized carbons (Fsp3) is 0.444. The normalized spacial score (nSPS) is 20.0. The molecule has 1 aliphatic carbocycles. The molecule has 1 heterocycles. The van der Waals surface area contributed by atoms with Crippen LogP contribution in [0.25, 0.3) is 10.1 Å². The summed E-state index contributed by atoms with van der Waals surface area (Å²) in [5.41, 5.74) is 1.30. The number of halogens is 1. The molecule has 0 aliphatic heterocycles. The number of ether oxygens (including phenoxy) is 1. The van der Waals surface area contributed by atoms with Crippen molar-refractivity contribution in [1.29, 1.82) is 0 Å². The molecule has 3 rings (SSSR count). The van der Waals surface area contributed by atoms with Crippen LogP contribution in [0.4, 0.5) is 0 Å². The summed E-state index contributed by atoms with van der Waals surface area (Å²) in [6, 6.07) is 8.17. The summed E-state index contributed by atoms with van der Waals surface area (Å²) in [5.74, 6) is 0.693. The van der Waals surface area contributed by atoms with E-state index in [0.29, 0.717) is 24.7 Å². The zero-order valence-corrected chi connectivity index (χ0v) is 20.3. The number of methoxy groups -OCH3 is 1. The van der Waals surface area contributed by atoms with Crippen LogP contribution in [0.2, 0.25) is 5.02 Å². The molecule has 3 nitrogen and oxygen atoms in total. The molecule has 1 saturated carbocycles. The topological polar surface area (TPSA) is 46.5 Å².